The number of tetrazole rings is 1. The first-order valence-electron chi connectivity index (χ1n) is 13.9. The van der Waals surface area contributed by atoms with Crippen LogP contribution in [0.4, 0.5) is 23.9 Å². The number of aromatic nitrogens is 4. The Morgan fingerprint density at radius 1 is 0.955 bits per heavy atom. The van der Waals surface area contributed by atoms with Crippen molar-refractivity contribution in [3.8, 4) is 5.75 Å². The number of hydrogen-bond acceptors (Lipinski definition) is 7. The molecule has 0 radical (unpaired) electrons. The van der Waals surface area contributed by atoms with Crippen molar-refractivity contribution < 1.29 is 32.6 Å². The molecule has 6 N–H and O–H groups in total. The van der Waals surface area contributed by atoms with Crippen LogP contribution in [0.1, 0.15) is 76.2 Å². The van der Waals surface area contributed by atoms with Crippen LogP contribution in [-0.4, -0.2) is 44.0 Å². The highest BCUT2D eigenvalue weighted by atomic mass is 19.4. The number of aliphatic hydroxyl groups is 1. The molecule has 11 nitrogen and oxygen atoms in total. The number of amides is 3. The Morgan fingerprint density at radius 3 is 2.16 bits per heavy atom. The van der Waals surface area contributed by atoms with Crippen LogP contribution >= 0.6 is 0 Å². The standard InChI is InChI=1S/C30H30F3N7O4/c31-30(32,33)44-25-15-14-24(16-21(25)17-41)29(36-27(34)43,22-10-6-19(7-11-22)18-4-2-1-3-5-18)23-12-8-20(9-13-23)26(42)35-28-37-39-40-38-28/h6-16,18,41H,1-5,17H2,(H3,34,36,43)(H2,35,37,38,39,40,42). The van der Waals surface area contributed by atoms with Crippen molar-refractivity contribution in [3.63, 3.8) is 0 Å². The fourth-order valence-electron chi connectivity index (χ4n) is 5.76. The number of anilines is 1. The lowest BCUT2D eigenvalue weighted by Gasteiger charge is -2.37. The van der Waals surface area contributed by atoms with Crippen molar-refractivity contribution in [2.75, 3.05) is 5.32 Å². The van der Waals surface area contributed by atoms with Gasteiger partial charge in [0.2, 0.25) is 0 Å². The van der Waals surface area contributed by atoms with Crippen molar-refractivity contribution in [2.24, 2.45) is 5.73 Å². The summed E-state index contributed by atoms with van der Waals surface area (Å²) in [6.45, 7) is -0.776. The summed E-state index contributed by atoms with van der Waals surface area (Å²) in [5.41, 5.74) is 6.66. The van der Waals surface area contributed by atoms with Gasteiger partial charge in [-0.1, -0.05) is 66.8 Å². The van der Waals surface area contributed by atoms with Gasteiger partial charge in [-0.2, -0.15) is 5.21 Å². The lowest BCUT2D eigenvalue weighted by atomic mass is 9.75. The number of nitrogens with one attached hydrogen (secondary N) is 3. The Balaban J connectivity index is 1.63. The molecule has 1 aliphatic rings. The number of ether oxygens (including phenoxy) is 1. The van der Waals surface area contributed by atoms with Gasteiger partial charge in [0.25, 0.3) is 11.9 Å². The fourth-order valence-corrected chi connectivity index (χ4v) is 5.76. The average molecular weight is 610 g/mol. The summed E-state index contributed by atoms with van der Waals surface area (Å²) in [4.78, 5) is 25.4. The summed E-state index contributed by atoms with van der Waals surface area (Å²) in [5, 5.41) is 28.3. The van der Waals surface area contributed by atoms with E-state index in [9.17, 15) is 27.9 Å². The van der Waals surface area contributed by atoms with Crippen molar-refractivity contribution in [3.05, 3.63) is 100 Å². The van der Waals surface area contributed by atoms with Crippen molar-refractivity contribution in [1.29, 1.82) is 0 Å². The third-order valence-electron chi connectivity index (χ3n) is 7.77. The number of carbonyl (C=O) groups is 2. The van der Waals surface area contributed by atoms with Crippen LogP contribution in [-0.2, 0) is 12.1 Å². The van der Waals surface area contributed by atoms with E-state index in [0.717, 1.165) is 37.3 Å². The molecule has 14 heteroatoms. The van der Waals surface area contributed by atoms with Gasteiger partial charge in [0.1, 0.15) is 11.3 Å². The van der Waals surface area contributed by atoms with Crippen LogP contribution < -0.4 is 21.1 Å². The minimum atomic E-state index is -4.99. The quantitative estimate of drug-likeness (QED) is 0.169. The molecular formula is C30H30F3N7O4. The molecule has 230 valence electrons. The van der Waals surface area contributed by atoms with E-state index in [1.807, 2.05) is 24.3 Å². The fraction of sp³-hybridized carbons (Fsp3) is 0.300. The first-order chi connectivity index (χ1) is 21.1. The number of nitrogens with zero attached hydrogens (tertiary/aromatic N) is 3. The van der Waals surface area contributed by atoms with E-state index in [1.165, 1.54) is 30.7 Å². The largest absolute Gasteiger partial charge is 0.573 e. The molecule has 4 aromatic rings. The number of rotatable bonds is 9. The molecule has 0 bridgehead atoms. The molecule has 3 aromatic carbocycles. The van der Waals surface area contributed by atoms with Crippen LogP contribution in [0.15, 0.2) is 66.7 Å². The Hall–Kier alpha value is -4.98. The number of benzene rings is 3. The number of carbonyl (C=O) groups excluding carboxylic acids is 2. The minimum absolute atomic E-state index is 0.0282. The normalized spacial score (nSPS) is 15.3. The molecule has 3 amide bonds. The van der Waals surface area contributed by atoms with Gasteiger partial charge in [-0.3, -0.25) is 10.1 Å². The number of H-pyrrole nitrogens is 1. The second-order valence-electron chi connectivity index (χ2n) is 10.5. The second-order valence-corrected chi connectivity index (χ2v) is 10.5. The van der Waals surface area contributed by atoms with Crippen LogP contribution in [0.5, 0.6) is 5.75 Å². The van der Waals surface area contributed by atoms with Gasteiger partial charge in [0, 0.05) is 11.1 Å². The predicted molar refractivity (Wildman–Crippen MR) is 152 cm³/mol. The number of halogens is 3. The molecule has 0 saturated heterocycles. The maximum atomic E-state index is 13.1. The molecular weight excluding hydrogens is 579 g/mol. The molecule has 1 aromatic heterocycles. The molecule has 0 spiro atoms. The molecule has 1 aliphatic carbocycles. The van der Waals surface area contributed by atoms with Crippen LogP contribution in [0.2, 0.25) is 0 Å². The Bertz CT molecular complexity index is 1590. The second kappa shape index (κ2) is 12.7. The molecule has 44 heavy (non-hydrogen) atoms. The highest BCUT2D eigenvalue weighted by Gasteiger charge is 2.39. The summed E-state index contributed by atoms with van der Waals surface area (Å²) in [5.74, 6) is -0.745. The summed E-state index contributed by atoms with van der Waals surface area (Å²) in [7, 11) is 0. The maximum Gasteiger partial charge on any atom is 0.573 e. The predicted octanol–water partition coefficient (Wildman–Crippen LogP) is 4.85. The molecule has 1 saturated carbocycles. The third-order valence-corrected chi connectivity index (χ3v) is 7.77. The molecule has 1 unspecified atom stereocenters. The Kier molecular flexibility index (Phi) is 8.81. The Labute approximate surface area is 250 Å². The number of aliphatic hydroxyl groups excluding tert-OH is 1. The zero-order valence-electron chi connectivity index (χ0n) is 23.4. The van der Waals surface area contributed by atoms with E-state index in [-0.39, 0.29) is 17.1 Å². The molecule has 5 rings (SSSR count). The highest BCUT2D eigenvalue weighted by molar-refractivity contribution is 6.03. The van der Waals surface area contributed by atoms with Gasteiger partial charge in [0.05, 0.1) is 6.61 Å². The van der Waals surface area contributed by atoms with Crippen LogP contribution in [0, 0.1) is 0 Å². The molecule has 1 atom stereocenters. The van der Waals surface area contributed by atoms with Gasteiger partial charge >= 0.3 is 12.4 Å². The molecule has 1 fully saturated rings. The zero-order chi connectivity index (χ0) is 31.3. The summed E-state index contributed by atoms with van der Waals surface area (Å²) in [6, 6.07) is 16.7. The van der Waals surface area contributed by atoms with E-state index in [4.69, 9.17) is 5.73 Å². The van der Waals surface area contributed by atoms with Gasteiger partial charge in [0.15, 0.2) is 0 Å². The smallest absolute Gasteiger partial charge is 0.405 e. The van der Waals surface area contributed by atoms with Crippen molar-refractivity contribution in [2.45, 2.75) is 56.5 Å². The summed E-state index contributed by atoms with van der Waals surface area (Å²) < 4.78 is 43.4. The third kappa shape index (κ3) is 6.64. The lowest BCUT2D eigenvalue weighted by Crippen LogP contribution is -2.50. The minimum Gasteiger partial charge on any atom is -0.405 e. The van der Waals surface area contributed by atoms with Gasteiger partial charge < -0.3 is 20.9 Å². The SMILES string of the molecule is NC(=O)NC(c1ccc(C(=O)Nc2nn[nH]n2)cc1)(c1ccc(C2CCCCC2)cc1)c1ccc(OC(F)(F)F)c(CO)c1. The topological polar surface area (TPSA) is 168 Å². The number of primary amides is 1. The first kappa shape index (κ1) is 30.5. The molecule has 0 aliphatic heterocycles. The van der Waals surface area contributed by atoms with Crippen LogP contribution in [0.3, 0.4) is 0 Å². The van der Waals surface area contributed by atoms with E-state index < -0.39 is 36.2 Å². The summed E-state index contributed by atoms with van der Waals surface area (Å²) in [6.07, 6.45) is 0.631. The van der Waals surface area contributed by atoms with E-state index in [0.29, 0.717) is 22.6 Å². The highest BCUT2D eigenvalue weighted by Crippen LogP contribution is 2.41. The van der Waals surface area contributed by atoms with E-state index in [1.54, 1.807) is 12.1 Å². The summed E-state index contributed by atoms with van der Waals surface area (Å²) >= 11 is 0. The van der Waals surface area contributed by atoms with Crippen molar-refractivity contribution in [1.82, 2.24) is 25.9 Å². The van der Waals surface area contributed by atoms with Gasteiger partial charge in [-0.25, -0.2) is 4.79 Å². The molecule has 1 heterocycles. The number of hydrogen-bond donors (Lipinski definition) is 5. The number of urea groups is 1. The first-order valence-corrected chi connectivity index (χ1v) is 13.9. The maximum absolute atomic E-state index is 13.1. The number of aromatic amines is 1. The average Bonchev–Trinajstić information content (AvgIpc) is 3.53. The zero-order valence-corrected chi connectivity index (χ0v) is 23.4. The van der Waals surface area contributed by atoms with Crippen LogP contribution in [0.25, 0.3) is 0 Å². The van der Waals surface area contributed by atoms with Gasteiger partial charge in [-0.05, 0) is 70.5 Å². The number of alkyl halides is 3. The monoisotopic (exact) mass is 609 g/mol. The Morgan fingerprint density at radius 2 is 1.59 bits per heavy atom. The van der Waals surface area contributed by atoms with E-state index >= 15 is 0 Å². The number of nitrogens with two attached hydrogens (primary N) is 1. The van der Waals surface area contributed by atoms with Crippen molar-refractivity contribution >= 4 is 17.9 Å². The van der Waals surface area contributed by atoms with E-state index in [2.05, 4.69) is 36.0 Å². The lowest BCUT2D eigenvalue weighted by molar-refractivity contribution is -0.275. The van der Waals surface area contributed by atoms with Gasteiger partial charge in [-0.15, -0.1) is 18.3 Å².